The lowest BCUT2D eigenvalue weighted by atomic mass is 10.1. The summed E-state index contributed by atoms with van der Waals surface area (Å²) in [5.41, 5.74) is 1.17. The number of rotatable bonds is 11. The van der Waals surface area contributed by atoms with Crippen LogP contribution in [0.25, 0.3) is 10.2 Å². The summed E-state index contributed by atoms with van der Waals surface area (Å²) >= 11 is 1.66. The maximum atomic E-state index is 12.7. The van der Waals surface area contributed by atoms with Gasteiger partial charge in [-0.3, -0.25) is 9.69 Å². The van der Waals surface area contributed by atoms with E-state index in [4.69, 9.17) is 9.72 Å². The second-order valence-electron chi connectivity index (χ2n) is 7.95. The van der Waals surface area contributed by atoms with Crippen molar-refractivity contribution in [2.24, 2.45) is 5.92 Å². The molecule has 1 atom stereocenters. The minimum Gasteiger partial charge on any atom is -0.389 e. The number of ether oxygens (including phenoxy) is 1. The fourth-order valence-corrected chi connectivity index (χ4v) is 4.93. The lowest BCUT2D eigenvalue weighted by molar-refractivity contribution is 0.0232. The third-order valence-electron chi connectivity index (χ3n) is 5.04. The molecule has 0 spiro atoms. The standard InChI is InChI=1S/C21H31N3O3S/c1-4-10-27-13-15(25)11-24(9-8-14(2)3)12-18-22-20(26)19-16-6-5-7-17(16)28-21(19)23-18/h4,14-15,25H,1,5-13H2,2-3H3,(H,22,23,26)/t15-/m0/s1. The molecule has 1 aliphatic rings. The molecule has 28 heavy (non-hydrogen) atoms. The minimum atomic E-state index is -0.590. The summed E-state index contributed by atoms with van der Waals surface area (Å²) in [7, 11) is 0. The number of aromatic amines is 1. The van der Waals surface area contributed by atoms with Gasteiger partial charge in [-0.2, -0.15) is 0 Å². The minimum absolute atomic E-state index is 0.0296. The maximum Gasteiger partial charge on any atom is 0.259 e. The van der Waals surface area contributed by atoms with Crippen LogP contribution in [0.5, 0.6) is 0 Å². The highest BCUT2D eigenvalue weighted by Crippen LogP contribution is 2.34. The van der Waals surface area contributed by atoms with Gasteiger partial charge in [-0.05, 0) is 43.7 Å². The Balaban J connectivity index is 1.73. The van der Waals surface area contributed by atoms with Gasteiger partial charge in [0.2, 0.25) is 0 Å². The number of nitrogens with one attached hydrogen (secondary N) is 1. The summed E-state index contributed by atoms with van der Waals surface area (Å²) in [5.74, 6) is 1.23. The van der Waals surface area contributed by atoms with Crippen LogP contribution in [-0.4, -0.2) is 52.4 Å². The molecule has 0 aliphatic heterocycles. The molecule has 0 bridgehead atoms. The Hall–Kier alpha value is -1.54. The van der Waals surface area contributed by atoms with Crippen molar-refractivity contribution in [2.45, 2.75) is 52.2 Å². The molecule has 0 aromatic carbocycles. The number of thiophene rings is 1. The number of aromatic nitrogens is 2. The van der Waals surface area contributed by atoms with Gasteiger partial charge in [0, 0.05) is 11.4 Å². The molecular formula is C21H31N3O3S. The van der Waals surface area contributed by atoms with Gasteiger partial charge in [0.1, 0.15) is 10.7 Å². The average Bonchev–Trinajstić information content (AvgIpc) is 3.20. The SMILES string of the molecule is C=CCOC[C@@H](O)CN(CCC(C)C)Cc1nc2sc3c(c2c(=O)[nH]1)CCC3. The smallest absolute Gasteiger partial charge is 0.259 e. The molecule has 6 nitrogen and oxygen atoms in total. The maximum absolute atomic E-state index is 12.7. The molecule has 0 radical (unpaired) electrons. The van der Waals surface area contributed by atoms with E-state index in [1.807, 2.05) is 0 Å². The van der Waals surface area contributed by atoms with Crippen LogP contribution in [0.15, 0.2) is 17.4 Å². The number of aliphatic hydroxyl groups is 1. The van der Waals surface area contributed by atoms with Gasteiger partial charge >= 0.3 is 0 Å². The zero-order valence-corrected chi connectivity index (χ0v) is 17.7. The summed E-state index contributed by atoms with van der Waals surface area (Å²) in [6.45, 7) is 10.5. The number of nitrogens with zero attached hydrogens (tertiary/aromatic N) is 2. The van der Waals surface area contributed by atoms with Gasteiger partial charge in [0.05, 0.1) is 31.2 Å². The van der Waals surface area contributed by atoms with Crippen LogP contribution in [-0.2, 0) is 24.1 Å². The average molecular weight is 406 g/mol. The van der Waals surface area contributed by atoms with Crippen molar-refractivity contribution >= 4 is 21.6 Å². The predicted molar refractivity (Wildman–Crippen MR) is 114 cm³/mol. The largest absolute Gasteiger partial charge is 0.389 e. The van der Waals surface area contributed by atoms with Crippen LogP contribution in [0.4, 0.5) is 0 Å². The van der Waals surface area contributed by atoms with Gasteiger partial charge in [0.25, 0.3) is 5.56 Å². The van der Waals surface area contributed by atoms with Gasteiger partial charge in [-0.15, -0.1) is 17.9 Å². The molecule has 0 amide bonds. The molecule has 0 fully saturated rings. The molecule has 0 unspecified atom stereocenters. The van der Waals surface area contributed by atoms with Crippen molar-refractivity contribution in [1.29, 1.82) is 0 Å². The van der Waals surface area contributed by atoms with Gasteiger partial charge < -0.3 is 14.8 Å². The zero-order chi connectivity index (χ0) is 20.1. The third kappa shape index (κ3) is 5.29. The highest BCUT2D eigenvalue weighted by atomic mass is 32.1. The Morgan fingerprint density at radius 3 is 3.00 bits per heavy atom. The van der Waals surface area contributed by atoms with Crippen LogP contribution >= 0.6 is 11.3 Å². The molecule has 2 N–H and O–H groups in total. The van der Waals surface area contributed by atoms with Gasteiger partial charge in [-0.1, -0.05) is 19.9 Å². The van der Waals surface area contributed by atoms with E-state index < -0.39 is 6.10 Å². The molecule has 0 saturated carbocycles. The normalized spacial score (nSPS) is 14.9. The predicted octanol–water partition coefficient (Wildman–Crippen LogP) is 2.88. The van der Waals surface area contributed by atoms with Crippen molar-refractivity contribution < 1.29 is 9.84 Å². The molecule has 1 aliphatic carbocycles. The van der Waals surface area contributed by atoms with E-state index in [1.165, 1.54) is 10.4 Å². The Kier molecular flexibility index (Phi) is 7.40. The zero-order valence-electron chi connectivity index (χ0n) is 16.9. The van der Waals surface area contributed by atoms with Crippen LogP contribution in [0.1, 0.15) is 43.0 Å². The van der Waals surface area contributed by atoms with Gasteiger partial charge in [-0.25, -0.2) is 4.98 Å². The fourth-order valence-electron chi connectivity index (χ4n) is 3.65. The number of aliphatic hydroxyl groups excluding tert-OH is 1. The van der Waals surface area contributed by atoms with Gasteiger partial charge in [0.15, 0.2) is 0 Å². The van der Waals surface area contributed by atoms with E-state index >= 15 is 0 Å². The molecule has 7 heteroatoms. The Labute approximate surface area is 170 Å². The van der Waals surface area contributed by atoms with Crippen LogP contribution in [0, 0.1) is 5.92 Å². The topological polar surface area (TPSA) is 78.5 Å². The second-order valence-corrected chi connectivity index (χ2v) is 9.03. The van der Waals surface area contributed by atoms with Crippen molar-refractivity contribution in [3.05, 3.63) is 39.3 Å². The first-order chi connectivity index (χ1) is 13.5. The summed E-state index contributed by atoms with van der Waals surface area (Å²) in [5, 5.41) is 11.1. The second kappa shape index (κ2) is 9.78. The lowest BCUT2D eigenvalue weighted by Gasteiger charge is -2.25. The van der Waals surface area contributed by atoms with Crippen molar-refractivity contribution in [2.75, 3.05) is 26.3 Å². The number of aryl methyl sites for hydroxylation is 2. The number of hydrogen-bond donors (Lipinski definition) is 2. The number of fused-ring (bicyclic) bond motifs is 3. The summed E-state index contributed by atoms with van der Waals surface area (Å²) in [4.78, 5) is 24.7. The van der Waals surface area contributed by atoms with Crippen LogP contribution in [0.2, 0.25) is 0 Å². The van der Waals surface area contributed by atoms with Crippen molar-refractivity contribution in [1.82, 2.24) is 14.9 Å². The number of H-pyrrole nitrogens is 1. The quantitative estimate of drug-likeness (QED) is 0.444. The van der Waals surface area contributed by atoms with E-state index in [1.54, 1.807) is 17.4 Å². The highest BCUT2D eigenvalue weighted by Gasteiger charge is 2.22. The molecule has 154 valence electrons. The molecule has 2 aromatic rings. The summed E-state index contributed by atoms with van der Waals surface area (Å²) in [6.07, 6.45) is 5.27. The Bertz CT molecular complexity index is 858. The molecule has 3 rings (SSSR count). The van der Waals surface area contributed by atoms with Crippen LogP contribution in [0.3, 0.4) is 0 Å². The van der Waals surface area contributed by atoms with Crippen LogP contribution < -0.4 is 5.56 Å². The lowest BCUT2D eigenvalue weighted by Crippen LogP contribution is -2.36. The first-order valence-corrected chi connectivity index (χ1v) is 10.9. The van der Waals surface area contributed by atoms with Crippen molar-refractivity contribution in [3.63, 3.8) is 0 Å². The van der Waals surface area contributed by atoms with E-state index in [0.29, 0.717) is 31.4 Å². The summed E-state index contributed by atoms with van der Waals surface area (Å²) in [6, 6.07) is 0. The molecular weight excluding hydrogens is 374 g/mol. The number of hydrogen-bond acceptors (Lipinski definition) is 6. The van der Waals surface area contributed by atoms with E-state index in [-0.39, 0.29) is 12.2 Å². The first kappa shape index (κ1) is 21.2. The molecule has 2 heterocycles. The molecule has 2 aromatic heterocycles. The highest BCUT2D eigenvalue weighted by molar-refractivity contribution is 7.18. The van der Waals surface area contributed by atoms with E-state index in [9.17, 15) is 9.90 Å². The van der Waals surface area contributed by atoms with E-state index in [2.05, 4.69) is 30.3 Å². The first-order valence-electron chi connectivity index (χ1n) is 10.1. The Morgan fingerprint density at radius 2 is 2.25 bits per heavy atom. The monoisotopic (exact) mass is 405 g/mol. The van der Waals surface area contributed by atoms with Crippen molar-refractivity contribution in [3.8, 4) is 0 Å². The third-order valence-corrected chi connectivity index (χ3v) is 6.22. The van der Waals surface area contributed by atoms with E-state index in [0.717, 1.165) is 42.4 Å². The fraction of sp³-hybridized carbons (Fsp3) is 0.619. The Morgan fingerprint density at radius 1 is 1.43 bits per heavy atom. The molecule has 0 saturated heterocycles. The summed E-state index contributed by atoms with van der Waals surface area (Å²) < 4.78 is 5.37.